The molecule has 53 heavy (non-hydrogen) atoms. The lowest BCUT2D eigenvalue weighted by Crippen LogP contribution is -2.40. The van der Waals surface area contributed by atoms with Crippen LogP contribution in [0, 0.1) is 11.3 Å². The maximum Gasteiger partial charge on any atom is 0.338 e. The van der Waals surface area contributed by atoms with Gasteiger partial charge in [0.05, 0.1) is 48.3 Å². The minimum atomic E-state index is -0.936. The molecule has 0 saturated heterocycles. The number of aromatic nitrogens is 1. The molecule has 9 nitrogen and oxygen atoms in total. The van der Waals surface area contributed by atoms with Crippen molar-refractivity contribution >= 4 is 55.8 Å². The Morgan fingerprint density at radius 1 is 0.943 bits per heavy atom. The molecule has 11 heteroatoms. The number of fused-ring (bicyclic) bond motifs is 2. The van der Waals surface area contributed by atoms with E-state index >= 15 is 0 Å². The fraction of sp³-hybridized carbons (Fsp3) is 0.143. The topological polar surface area (TPSA) is 112 Å². The summed E-state index contributed by atoms with van der Waals surface area (Å²) >= 11 is 4.88. The lowest BCUT2D eigenvalue weighted by molar-refractivity contribution is -0.138. The number of halogens is 1. The van der Waals surface area contributed by atoms with E-state index in [1.807, 2.05) is 78.9 Å². The monoisotopic (exact) mass is 785 g/mol. The van der Waals surface area contributed by atoms with Gasteiger partial charge < -0.3 is 18.9 Å². The normalized spacial score (nSPS) is 13.9. The maximum atomic E-state index is 14.7. The summed E-state index contributed by atoms with van der Waals surface area (Å²) in [6, 6.07) is 33.1. The van der Waals surface area contributed by atoms with E-state index in [9.17, 15) is 14.9 Å². The number of esters is 1. The van der Waals surface area contributed by atoms with Crippen LogP contribution in [-0.2, 0) is 16.1 Å². The number of ether oxygens (including phenoxy) is 4. The predicted octanol–water partition coefficient (Wildman–Crippen LogP) is 7.32. The highest BCUT2D eigenvalue weighted by Crippen LogP contribution is 2.42. The van der Waals surface area contributed by atoms with E-state index in [2.05, 4.69) is 22.0 Å². The molecular formula is C42H32BrN3O6S. The molecule has 264 valence electrons. The fourth-order valence-corrected chi connectivity index (χ4v) is 7.86. The van der Waals surface area contributed by atoms with E-state index in [4.69, 9.17) is 23.9 Å². The fourth-order valence-electron chi connectivity index (χ4n) is 6.43. The standard InChI is InChI=1S/C42H32BrN3O6S/c1-4-51-41(48)37-38(26-13-6-5-7-14-26)45-42-46(39(37)36-30-17-11-10-12-25(30)18-19-32(36)49-2)40(47)35(53-42)21-29-20-33(50-3)34(22-31(29)43)52-24-28-16-9-8-15-27(28)23-44/h5-22,39H,4,24H2,1-3H3/b35-21-/t39-/m1/s1. The Morgan fingerprint density at radius 3 is 2.43 bits per heavy atom. The Hall–Kier alpha value is -5.96. The number of hydrogen-bond acceptors (Lipinski definition) is 9. The van der Waals surface area contributed by atoms with Gasteiger partial charge in [-0.1, -0.05) is 106 Å². The highest BCUT2D eigenvalue weighted by Gasteiger charge is 2.37. The molecule has 0 N–H and O–H groups in total. The zero-order chi connectivity index (χ0) is 37.1. The first-order valence-corrected chi connectivity index (χ1v) is 18.3. The van der Waals surface area contributed by atoms with E-state index < -0.39 is 12.0 Å². The second kappa shape index (κ2) is 15.3. The van der Waals surface area contributed by atoms with Crippen LogP contribution in [0.25, 0.3) is 22.5 Å². The molecule has 1 aliphatic rings. The smallest absolute Gasteiger partial charge is 0.338 e. The lowest BCUT2D eigenvalue weighted by Gasteiger charge is -2.28. The minimum absolute atomic E-state index is 0.134. The molecule has 0 radical (unpaired) electrons. The van der Waals surface area contributed by atoms with Gasteiger partial charge >= 0.3 is 5.97 Å². The van der Waals surface area contributed by atoms with Gasteiger partial charge in [-0.2, -0.15) is 5.26 Å². The Labute approximate surface area is 317 Å². The average molecular weight is 787 g/mol. The third kappa shape index (κ3) is 6.75. The van der Waals surface area contributed by atoms with E-state index in [0.29, 0.717) is 59.0 Å². The quantitative estimate of drug-likeness (QED) is 0.134. The van der Waals surface area contributed by atoms with Crippen LogP contribution in [0.4, 0.5) is 0 Å². The second-order valence-corrected chi connectivity index (χ2v) is 13.8. The van der Waals surface area contributed by atoms with Crippen molar-refractivity contribution in [1.29, 1.82) is 5.26 Å². The molecule has 0 amide bonds. The number of carbonyl (C=O) groups is 1. The van der Waals surface area contributed by atoms with Crippen molar-refractivity contribution < 1.29 is 23.7 Å². The van der Waals surface area contributed by atoms with E-state index in [1.165, 1.54) is 18.4 Å². The van der Waals surface area contributed by atoms with Crippen molar-refractivity contribution in [3.05, 3.63) is 161 Å². The molecule has 6 aromatic rings. The summed E-state index contributed by atoms with van der Waals surface area (Å²) in [6.07, 6.45) is 1.76. The number of rotatable bonds is 10. The highest BCUT2D eigenvalue weighted by atomic mass is 79.9. The number of nitriles is 1. The molecule has 0 fully saturated rings. The van der Waals surface area contributed by atoms with Gasteiger partial charge in [-0.15, -0.1) is 0 Å². The van der Waals surface area contributed by atoms with Crippen LogP contribution in [0.15, 0.2) is 123 Å². The largest absolute Gasteiger partial charge is 0.496 e. The summed E-state index contributed by atoms with van der Waals surface area (Å²) in [7, 11) is 3.11. The molecule has 0 aliphatic carbocycles. The molecule has 0 saturated carbocycles. The lowest BCUT2D eigenvalue weighted by atomic mass is 9.89. The van der Waals surface area contributed by atoms with Crippen LogP contribution >= 0.6 is 27.3 Å². The maximum absolute atomic E-state index is 14.7. The van der Waals surface area contributed by atoms with E-state index in [1.54, 1.807) is 48.9 Å². The Kier molecular flexibility index (Phi) is 10.3. The molecule has 1 atom stereocenters. The van der Waals surface area contributed by atoms with Gasteiger partial charge in [0.15, 0.2) is 16.3 Å². The van der Waals surface area contributed by atoms with Crippen LogP contribution in [-0.4, -0.2) is 31.4 Å². The molecule has 1 aromatic heterocycles. The Balaban J connectivity index is 1.44. The number of thiazole rings is 1. The highest BCUT2D eigenvalue weighted by molar-refractivity contribution is 9.10. The zero-order valence-electron chi connectivity index (χ0n) is 29.0. The average Bonchev–Trinajstić information content (AvgIpc) is 3.50. The van der Waals surface area contributed by atoms with Crippen LogP contribution < -0.4 is 29.1 Å². The first-order chi connectivity index (χ1) is 25.9. The summed E-state index contributed by atoms with van der Waals surface area (Å²) in [5.41, 5.74) is 3.58. The van der Waals surface area contributed by atoms with Crippen molar-refractivity contribution in [2.75, 3.05) is 20.8 Å². The van der Waals surface area contributed by atoms with Gasteiger partial charge in [-0.25, -0.2) is 9.79 Å². The molecule has 2 heterocycles. The van der Waals surface area contributed by atoms with E-state index in [0.717, 1.165) is 16.3 Å². The minimum Gasteiger partial charge on any atom is -0.496 e. The van der Waals surface area contributed by atoms with Gasteiger partial charge in [0.1, 0.15) is 18.4 Å². The van der Waals surface area contributed by atoms with Gasteiger partial charge in [0, 0.05) is 21.2 Å². The Morgan fingerprint density at radius 2 is 1.68 bits per heavy atom. The number of methoxy groups -OCH3 is 2. The molecule has 0 unspecified atom stereocenters. The van der Waals surface area contributed by atoms with Crippen LogP contribution in [0.2, 0.25) is 0 Å². The van der Waals surface area contributed by atoms with Crippen LogP contribution in [0.5, 0.6) is 17.2 Å². The van der Waals surface area contributed by atoms with Gasteiger partial charge in [0.25, 0.3) is 5.56 Å². The van der Waals surface area contributed by atoms with Crippen molar-refractivity contribution in [3.8, 4) is 23.3 Å². The van der Waals surface area contributed by atoms with Gasteiger partial charge in [-0.3, -0.25) is 9.36 Å². The SMILES string of the molecule is CCOC(=O)C1=C(c2ccccc2)N=c2s/c(=C\c3cc(OC)c(OCc4ccccc4C#N)cc3Br)c(=O)n2[C@@H]1c1c(OC)ccc2ccccc12. The third-order valence-corrected chi connectivity index (χ3v) is 10.6. The van der Waals surface area contributed by atoms with Gasteiger partial charge in [-0.05, 0) is 53.6 Å². The summed E-state index contributed by atoms with van der Waals surface area (Å²) < 4.78 is 26.0. The van der Waals surface area contributed by atoms with E-state index in [-0.39, 0.29) is 24.3 Å². The van der Waals surface area contributed by atoms with Crippen molar-refractivity contribution in [1.82, 2.24) is 4.57 Å². The first kappa shape index (κ1) is 35.4. The van der Waals surface area contributed by atoms with Crippen LogP contribution in [0.3, 0.4) is 0 Å². The third-order valence-electron chi connectivity index (χ3n) is 8.89. The molecule has 7 rings (SSSR count). The zero-order valence-corrected chi connectivity index (χ0v) is 31.4. The summed E-state index contributed by atoms with van der Waals surface area (Å²) in [6.45, 7) is 2.04. The molecule has 0 spiro atoms. The van der Waals surface area contributed by atoms with Crippen molar-refractivity contribution in [2.45, 2.75) is 19.6 Å². The number of benzene rings is 5. The van der Waals surface area contributed by atoms with Crippen molar-refractivity contribution in [3.63, 3.8) is 0 Å². The number of carbonyl (C=O) groups excluding carboxylic acids is 1. The molecular weight excluding hydrogens is 754 g/mol. The molecule has 5 aromatic carbocycles. The summed E-state index contributed by atoms with van der Waals surface area (Å²) in [5.74, 6) is 0.834. The second-order valence-electron chi connectivity index (χ2n) is 11.9. The molecule has 0 bridgehead atoms. The van der Waals surface area contributed by atoms with Crippen molar-refractivity contribution in [2.24, 2.45) is 4.99 Å². The first-order valence-electron chi connectivity index (χ1n) is 16.7. The number of hydrogen-bond donors (Lipinski definition) is 0. The predicted molar refractivity (Wildman–Crippen MR) is 208 cm³/mol. The van der Waals surface area contributed by atoms with Crippen LogP contribution in [0.1, 0.15) is 40.8 Å². The van der Waals surface area contributed by atoms with Gasteiger partial charge in [0.2, 0.25) is 0 Å². The Bertz CT molecular complexity index is 2640. The number of nitrogens with zero attached hydrogens (tertiary/aromatic N) is 3. The summed E-state index contributed by atoms with van der Waals surface area (Å²) in [4.78, 5) is 34.2. The summed E-state index contributed by atoms with van der Waals surface area (Å²) in [5, 5.41) is 11.2. The molecule has 1 aliphatic heterocycles.